The van der Waals surface area contributed by atoms with Crippen molar-refractivity contribution in [2.75, 3.05) is 23.3 Å². The molecular formula is C24H28N4O3. The Morgan fingerprint density at radius 1 is 1.13 bits per heavy atom. The van der Waals surface area contributed by atoms with Crippen LogP contribution in [-0.4, -0.2) is 29.5 Å². The lowest BCUT2D eigenvalue weighted by atomic mass is 9.96. The molecule has 3 heterocycles. The van der Waals surface area contributed by atoms with E-state index in [1.54, 1.807) is 6.26 Å². The average molecular weight is 421 g/mol. The van der Waals surface area contributed by atoms with Gasteiger partial charge in [0.15, 0.2) is 0 Å². The van der Waals surface area contributed by atoms with Crippen LogP contribution in [0.1, 0.15) is 40.3 Å². The molecule has 0 radical (unpaired) electrons. The zero-order valence-corrected chi connectivity index (χ0v) is 17.9. The van der Waals surface area contributed by atoms with Gasteiger partial charge in [0.05, 0.1) is 29.7 Å². The number of primary amides is 1. The van der Waals surface area contributed by atoms with Crippen molar-refractivity contribution < 1.29 is 14.0 Å². The number of nitrogens with two attached hydrogens (primary N) is 1. The van der Waals surface area contributed by atoms with Gasteiger partial charge in [0.2, 0.25) is 5.91 Å². The number of hydrogen-bond acceptors (Lipinski definition) is 4. The van der Waals surface area contributed by atoms with E-state index < -0.39 is 0 Å². The van der Waals surface area contributed by atoms with Crippen molar-refractivity contribution in [1.82, 2.24) is 4.57 Å². The number of aryl methyl sites for hydroxylation is 1. The Kier molecular flexibility index (Phi) is 5.84. The number of nitrogens with zero attached hydrogens (tertiary/aromatic N) is 2. The summed E-state index contributed by atoms with van der Waals surface area (Å²) in [6, 6.07) is 13.5. The minimum Gasteiger partial charge on any atom is -0.467 e. The number of anilines is 2. The molecule has 2 aromatic heterocycles. The molecule has 0 spiro atoms. The Balaban J connectivity index is 1.52. The second kappa shape index (κ2) is 8.71. The summed E-state index contributed by atoms with van der Waals surface area (Å²) >= 11 is 0. The first-order chi connectivity index (χ1) is 14.9. The topological polar surface area (TPSA) is 93.5 Å². The first-order valence-electron chi connectivity index (χ1n) is 10.6. The van der Waals surface area contributed by atoms with E-state index in [0.29, 0.717) is 12.1 Å². The smallest absolute Gasteiger partial charge is 0.257 e. The molecule has 4 rings (SSSR count). The van der Waals surface area contributed by atoms with Crippen LogP contribution < -0.4 is 16.0 Å². The summed E-state index contributed by atoms with van der Waals surface area (Å²) in [4.78, 5) is 26.8. The predicted octanol–water partition coefficient (Wildman–Crippen LogP) is 3.70. The molecule has 1 saturated heterocycles. The lowest BCUT2D eigenvalue weighted by Gasteiger charge is -2.33. The number of nitrogens with one attached hydrogen (secondary N) is 1. The van der Waals surface area contributed by atoms with Crippen LogP contribution in [0, 0.1) is 19.8 Å². The number of para-hydroxylation sites is 2. The van der Waals surface area contributed by atoms with Crippen LogP contribution in [0.15, 0.2) is 53.1 Å². The molecule has 3 aromatic rings. The van der Waals surface area contributed by atoms with Gasteiger partial charge in [0.1, 0.15) is 5.76 Å². The Morgan fingerprint density at radius 2 is 1.87 bits per heavy atom. The number of hydrogen-bond donors (Lipinski definition) is 2. The summed E-state index contributed by atoms with van der Waals surface area (Å²) in [5.41, 5.74) is 9.73. The molecule has 1 aliphatic heterocycles. The Morgan fingerprint density at radius 3 is 2.55 bits per heavy atom. The van der Waals surface area contributed by atoms with E-state index in [1.807, 2.05) is 56.3 Å². The molecule has 2 amide bonds. The van der Waals surface area contributed by atoms with Crippen LogP contribution in [0.3, 0.4) is 0 Å². The van der Waals surface area contributed by atoms with Crippen molar-refractivity contribution in [1.29, 1.82) is 0 Å². The van der Waals surface area contributed by atoms with Gasteiger partial charge in [-0.15, -0.1) is 0 Å². The number of benzene rings is 1. The van der Waals surface area contributed by atoms with Crippen molar-refractivity contribution in [2.45, 2.75) is 33.2 Å². The number of aromatic nitrogens is 1. The molecule has 0 atom stereocenters. The molecule has 7 heteroatoms. The number of amides is 2. The van der Waals surface area contributed by atoms with E-state index in [1.165, 1.54) is 0 Å². The second-order valence-electron chi connectivity index (χ2n) is 8.09. The summed E-state index contributed by atoms with van der Waals surface area (Å²) < 4.78 is 7.54. The molecule has 3 N–H and O–H groups in total. The molecule has 1 aliphatic rings. The highest BCUT2D eigenvalue weighted by Crippen LogP contribution is 2.30. The van der Waals surface area contributed by atoms with Crippen LogP contribution >= 0.6 is 0 Å². The Hall–Kier alpha value is -3.48. The van der Waals surface area contributed by atoms with Crippen LogP contribution in [0.2, 0.25) is 0 Å². The molecule has 1 fully saturated rings. The second-order valence-corrected chi connectivity index (χ2v) is 8.09. The van der Waals surface area contributed by atoms with Crippen molar-refractivity contribution in [3.63, 3.8) is 0 Å². The number of rotatable bonds is 6. The van der Waals surface area contributed by atoms with Crippen molar-refractivity contribution in [3.8, 4) is 0 Å². The van der Waals surface area contributed by atoms with Crippen LogP contribution in [-0.2, 0) is 11.3 Å². The van der Waals surface area contributed by atoms with Crippen LogP contribution in [0.4, 0.5) is 11.4 Å². The molecule has 0 unspecified atom stereocenters. The summed E-state index contributed by atoms with van der Waals surface area (Å²) in [6.45, 7) is 5.99. The maximum absolute atomic E-state index is 13.2. The van der Waals surface area contributed by atoms with Gasteiger partial charge in [-0.05, 0) is 57.0 Å². The third-order valence-corrected chi connectivity index (χ3v) is 6.10. The average Bonchev–Trinajstić information content (AvgIpc) is 3.38. The van der Waals surface area contributed by atoms with Gasteiger partial charge in [-0.25, -0.2) is 0 Å². The lowest BCUT2D eigenvalue weighted by Crippen LogP contribution is -2.38. The number of piperidine rings is 1. The zero-order chi connectivity index (χ0) is 22.0. The molecule has 7 nitrogen and oxygen atoms in total. The van der Waals surface area contributed by atoms with Gasteiger partial charge in [0, 0.05) is 30.4 Å². The first kappa shape index (κ1) is 20.8. The van der Waals surface area contributed by atoms with Crippen LogP contribution in [0.5, 0.6) is 0 Å². The fourth-order valence-electron chi connectivity index (χ4n) is 4.28. The van der Waals surface area contributed by atoms with Crippen LogP contribution in [0.25, 0.3) is 0 Å². The Bertz CT molecular complexity index is 1080. The van der Waals surface area contributed by atoms with Gasteiger partial charge in [-0.3, -0.25) is 9.59 Å². The minimum absolute atomic E-state index is 0.0717. The molecule has 0 saturated carbocycles. The molecule has 1 aromatic carbocycles. The highest BCUT2D eigenvalue weighted by molar-refractivity contribution is 6.07. The normalized spacial score (nSPS) is 14.6. The zero-order valence-electron chi connectivity index (χ0n) is 17.9. The number of furan rings is 1. The largest absolute Gasteiger partial charge is 0.467 e. The van der Waals surface area contributed by atoms with E-state index in [2.05, 4.69) is 14.8 Å². The van der Waals surface area contributed by atoms with Crippen molar-refractivity contribution in [3.05, 3.63) is 71.4 Å². The lowest BCUT2D eigenvalue weighted by molar-refractivity contribution is -0.122. The van der Waals surface area contributed by atoms with Gasteiger partial charge >= 0.3 is 0 Å². The monoisotopic (exact) mass is 420 g/mol. The molecule has 0 bridgehead atoms. The van der Waals surface area contributed by atoms with Crippen molar-refractivity contribution in [2.24, 2.45) is 11.7 Å². The molecular weight excluding hydrogens is 392 g/mol. The summed E-state index contributed by atoms with van der Waals surface area (Å²) in [5.74, 6) is 0.403. The summed E-state index contributed by atoms with van der Waals surface area (Å²) in [5, 5.41) is 3.09. The highest BCUT2D eigenvalue weighted by Gasteiger charge is 2.25. The van der Waals surface area contributed by atoms with Gasteiger partial charge in [-0.1, -0.05) is 12.1 Å². The van der Waals surface area contributed by atoms with E-state index in [-0.39, 0.29) is 17.7 Å². The standard InChI is InChI=1S/C24H28N4O3/c1-16-14-20(17(2)28(16)15-19-6-5-13-31-19)24(30)26-21-7-3-4-8-22(21)27-11-9-18(10-12-27)23(25)29/h3-8,13-14,18H,9-12,15H2,1-2H3,(H2,25,29)(H,26,30). The van der Waals surface area contributed by atoms with Gasteiger partial charge in [0.25, 0.3) is 5.91 Å². The summed E-state index contributed by atoms with van der Waals surface area (Å²) in [6.07, 6.45) is 3.11. The minimum atomic E-state index is -0.230. The Labute approximate surface area is 181 Å². The van der Waals surface area contributed by atoms with E-state index >= 15 is 0 Å². The maximum atomic E-state index is 13.2. The number of carbonyl (C=O) groups is 2. The van der Waals surface area contributed by atoms with E-state index in [4.69, 9.17) is 10.2 Å². The van der Waals surface area contributed by atoms with Gasteiger partial charge < -0.3 is 24.9 Å². The van der Waals surface area contributed by atoms with Crippen molar-refractivity contribution >= 4 is 23.2 Å². The fraction of sp³-hybridized carbons (Fsp3) is 0.333. The first-order valence-corrected chi connectivity index (χ1v) is 10.6. The molecule has 0 aliphatic carbocycles. The van der Waals surface area contributed by atoms with E-state index in [0.717, 1.165) is 54.5 Å². The maximum Gasteiger partial charge on any atom is 0.257 e. The number of carbonyl (C=O) groups excluding carboxylic acids is 2. The third kappa shape index (κ3) is 4.35. The quantitative estimate of drug-likeness (QED) is 0.636. The third-order valence-electron chi connectivity index (χ3n) is 6.10. The van der Waals surface area contributed by atoms with E-state index in [9.17, 15) is 9.59 Å². The van der Waals surface area contributed by atoms with Gasteiger partial charge in [-0.2, -0.15) is 0 Å². The predicted molar refractivity (Wildman–Crippen MR) is 120 cm³/mol. The summed E-state index contributed by atoms with van der Waals surface area (Å²) in [7, 11) is 0. The molecule has 162 valence electrons. The fourth-order valence-corrected chi connectivity index (χ4v) is 4.28. The SMILES string of the molecule is Cc1cc(C(=O)Nc2ccccc2N2CCC(C(N)=O)CC2)c(C)n1Cc1ccco1. The molecule has 31 heavy (non-hydrogen) atoms. The highest BCUT2D eigenvalue weighted by atomic mass is 16.3.